The normalized spacial score (nSPS) is 12.9. The summed E-state index contributed by atoms with van der Waals surface area (Å²) in [5, 5.41) is 10.3. The summed E-state index contributed by atoms with van der Waals surface area (Å²) in [4.78, 5) is 0. The van der Waals surface area contributed by atoms with Gasteiger partial charge in [-0.1, -0.05) is 38.8 Å². The SMILES string of the molecule is CCC(CC)C(O)c1ccc(C)cc1OC. The lowest BCUT2D eigenvalue weighted by Crippen LogP contribution is -2.12. The highest BCUT2D eigenvalue weighted by Gasteiger charge is 2.20. The predicted molar refractivity (Wildman–Crippen MR) is 66.8 cm³/mol. The molecule has 1 aromatic rings. The monoisotopic (exact) mass is 222 g/mol. The summed E-state index contributed by atoms with van der Waals surface area (Å²) >= 11 is 0. The molecule has 0 saturated carbocycles. The highest BCUT2D eigenvalue weighted by Crippen LogP contribution is 2.33. The van der Waals surface area contributed by atoms with Crippen molar-refractivity contribution < 1.29 is 9.84 Å². The molecule has 0 aliphatic rings. The van der Waals surface area contributed by atoms with Gasteiger partial charge in [-0.25, -0.2) is 0 Å². The second kappa shape index (κ2) is 5.90. The molecular formula is C14H22O2. The second-order valence-corrected chi connectivity index (χ2v) is 4.27. The quantitative estimate of drug-likeness (QED) is 0.826. The van der Waals surface area contributed by atoms with Crippen LogP contribution in [0.3, 0.4) is 0 Å². The third-order valence-electron chi connectivity index (χ3n) is 3.20. The molecule has 0 radical (unpaired) electrons. The van der Waals surface area contributed by atoms with Crippen LogP contribution < -0.4 is 4.74 Å². The third-order valence-corrected chi connectivity index (χ3v) is 3.20. The molecule has 2 heteroatoms. The molecule has 0 saturated heterocycles. The number of hydrogen-bond acceptors (Lipinski definition) is 2. The number of ether oxygens (including phenoxy) is 1. The lowest BCUT2D eigenvalue weighted by Gasteiger charge is -2.22. The molecule has 1 aromatic carbocycles. The van der Waals surface area contributed by atoms with Gasteiger partial charge in [0, 0.05) is 5.56 Å². The summed E-state index contributed by atoms with van der Waals surface area (Å²) in [5.74, 6) is 1.09. The molecule has 0 spiro atoms. The molecular weight excluding hydrogens is 200 g/mol. The Morgan fingerprint density at radius 3 is 2.38 bits per heavy atom. The van der Waals surface area contributed by atoms with Crippen molar-refractivity contribution in [2.45, 2.75) is 39.7 Å². The zero-order valence-electron chi connectivity index (χ0n) is 10.7. The Labute approximate surface area is 98.3 Å². The summed E-state index contributed by atoms with van der Waals surface area (Å²) in [6.07, 6.45) is 1.54. The fourth-order valence-corrected chi connectivity index (χ4v) is 2.05. The topological polar surface area (TPSA) is 29.5 Å². The molecule has 0 aromatic heterocycles. The average Bonchev–Trinajstić information content (AvgIpc) is 2.30. The van der Waals surface area contributed by atoms with E-state index in [0.29, 0.717) is 5.92 Å². The standard InChI is InChI=1S/C14H22O2/c1-5-11(6-2)14(15)12-8-7-10(3)9-13(12)16-4/h7-9,11,14-15H,5-6H2,1-4H3. The van der Waals surface area contributed by atoms with E-state index >= 15 is 0 Å². The van der Waals surface area contributed by atoms with Gasteiger partial charge in [0.1, 0.15) is 5.75 Å². The van der Waals surface area contributed by atoms with Gasteiger partial charge in [0.05, 0.1) is 13.2 Å². The number of methoxy groups -OCH3 is 1. The number of hydrogen-bond donors (Lipinski definition) is 1. The van der Waals surface area contributed by atoms with Gasteiger partial charge in [-0.2, -0.15) is 0 Å². The Kier molecular flexibility index (Phi) is 4.81. The predicted octanol–water partition coefficient (Wildman–Crippen LogP) is 3.47. The summed E-state index contributed by atoms with van der Waals surface area (Å²) in [7, 11) is 1.65. The minimum atomic E-state index is -0.425. The van der Waals surface area contributed by atoms with Crippen molar-refractivity contribution >= 4 is 0 Å². The minimum absolute atomic E-state index is 0.302. The van der Waals surface area contributed by atoms with E-state index < -0.39 is 6.10 Å². The highest BCUT2D eigenvalue weighted by molar-refractivity contribution is 5.38. The van der Waals surface area contributed by atoms with Crippen molar-refractivity contribution in [3.63, 3.8) is 0 Å². The molecule has 16 heavy (non-hydrogen) atoms. The van der Waals surface area contributed by atoms with Crippen LogP contribution in [0.1, 0.15) is 43.9 Å². The fourth-order valence-electron chi connectivity index (χ4n) is 2.05. The van der Waals surface area contributed by atoms with Crippen molar-refractivity contribution in [3.8, 4) is 5.75 Å². The van der Waals surface area contributed by atoms with Gasteiger partial charge in [-0.15, -0.1) is 0 Å². The van der Waals surface area contributed by atoms with E-state index in [2.05, 4.69) is 13.8 Å². The maximum absolute atomic E-state index is 10.3. The lowest BCUT2D eigenvalue weighted by molar-refractivity contribution is 0.100. The maximum atomic E-state index is 10.3. The molecule has 1 atom stereocenters. The smallest absolute Gasteiger partial charge is 0.124 e. The molecule has 0 aliphatic carbocycles. The largest absolute Gasteiger partial charge is 0.496 e. The molecule has 0 amide bonds. The molecule has 0 aliphatic heterocycles. The van der Waals surface area contributed by atoms with E-state index in [-0.39, 0.29) is 0 Å². The van der Waals surface area contributed by atoms with Gasteiger partial charge >= 0.3 is 0 Å². The fraction of sp³-hybridized carbons (Fsp3) is 0.571. The summed E-state index contributed by atoms with van der Waals surface area (Å²) in [5.41, 5.74) is 2.05. The van der Waals surface area contributed by atoms with E-state index in [9.17, 15) is 5.11 Å². The van der Waals surface area contributed by atoms with Gasteiger partial charge < -0.3 is 9.84 Å². The summed E-state index contributed by atoms with van der Waals surface area (Å²) in [6.45, 7) is 6.24. The van der Waals surface area contributed by atoms with Crippen molar-refractivity contribution in [1.29, 1.82) is 0 Å². The third kappa shape index (κ3) is 2.76. The number of aryl methyl sites for hydroxylation is 1. The van der Waals surface area contributed by atoms with Crippen LogP contribution in [-0.4, -0.2) is 12.2 Å². The average molecular weight is 222 g/mol. The van der Waals surface area contributed by atoms with Crippen molar-refractivity contribution in [1.82, 2.24) is 0 Å². The zero-order chi connectivity index (χ0) is 12.1. The Morgan fingerprint density at radius 1 is 1.25 bits per heavy atom. The number of benzene rings is 1. The van der Waals surface area contributed by atoms with E-state index in [0.717, 1.165) is 29.7 Å². The van der Waals surface area contributed by atoms with Crippen molar-refractivity contribution in [2.24, 2.45) is 5.92 Å². The van der Waals surface area contributed by atoms with Crippen LogP contribution in [0.15, 0.2) is 18.2 Å². The molecule has 1 unspecified atom stereocenters. The Bertz CT molecular complexity index is 330. The molecule has 2 nitrogen and oxygen atoms in total. The van der Waals surface area contributed by atoms with Crippen LogP contribution in [0.2, 0.25) is 0 Å². The number of rotatable bonds is 5. The molecule has 0 fully saturated rings. The number of aliphatic hydroxyl groups is 1. The lowest BCUT2D eigenvalue weighted by atomic mass is 9.90. The van der Waals surface area contributed by atoms with Gasteiger partial charge in [-0.3, -0.25) is 0 Å². The van der Waals surface area contributed by atoms with Crippen molar-refractivity contribution in [3.05, 3.63) is 29.3 Å². The maximum Gasteiger partial charge on any atom is 0.124 e. The summed E-state index contributed by atoms with van der Waals surface area (Å²) in [6, 6.07) is 5.96. The molecule has 0 bridgehead atoms. The van der Waals surface area contributed by atoms with E-state index in [1.54, 1.807) is 7.11 Å². The van der Waals surface area contributed by atoms with Gasteiger partial charge in [0.25, 0.3) is 0 Å². The zero-order valence-corrected chi connectivity index (χ0v) is 10.7. The first-order valence-corrected chi connectivity index (χ1v) is 5.96. The van der Waals surface area contributed by atoms with Crippen LogP contribution in [0.4, 0.5) is 0 Å². The first-order chi connectivity index (χ1) is 7.63. The van der Waals surface area contributed by atoms with Gasteiger partial charge in [0.2, 0.25) is 0 Å². The molecule has 1 N–H and O–H groups in total. The van der Waals surface area contributed by atoms with Crippen molar-refractivity contribution in [2.75, 3.05) is 7.11 Å². The summed E-state index contributed by atoms with van der Waals surface area (Å²) < 4.78 is 5.33. The second-order valence-electron chi connectivity index (χ2n) is 4.27. The highest BCUT2D eigenvalue weighted by atomic mass is 16.5. The minimum Gasteiger partial charge on any atom is -0.496 e. The Morgan fingerprint density at radius 2 is 1.88 bits per heavy atom. The van der Waals surface area contributed by atoms with E-state index in [4.69, 9.17) is 4.74 Å². The van der Waals surface area contributed by atoms with Crippen LogP contribution in [-0.2, 0) is 0 Å². The van der Waals surface area contributed by atoms with Gasteiger partial charge in [-0.05, 0) is 24.5 Å². The molecule has 1 rings (SSSR count). The van der Waals surface area contributed by atoms with E-state index in [1.165, 1.54) is 0 Å². The Hall–Kier alpha value is -1.02. The van der Waals surface area contributed by atoms with E-state index in [1.807, 2.05) is 25.1 Å². The van der Waals surface area contributed by atoms with Crippen LogP contribution in [0, 0.1) is 12.8 Å². The molecule has 90 valence electrons. The first kappa shape index (κ1) is 13.0. The van der Waals surface area contributed by atoms with Crippen LogP contribution >= 0.6 is 0 Å². The van der Waals surface area contributed by atoms with Crippen LogP contribution in [0.5, 0.6) is 5.75 Å². The van der Waals surface area contributed by atoms with Gasteiger partial charge in [0.15, 0.2) is 0 Å². The van der Waals surface area contributed by atoms with Crippen LogP contribution in [0.25, 0.3) is 0 Å². The number of aliphatic hydroxyl groups excluding tert-OH is 1. The first-order valence-electron chi connectivity index (χ1n) is 5.96. The Balaban J connectivity index is 3.02. The molecule has 0 heterocycles.